The van der Waals surface area contributed by atoms with Gasteiger partial charge in [0.05, 0.1) is 5.92 Å². The summed E-state index contributed by atoms with van der Waals surface area (Å²) in [5.41, 5.74) is 7.00. The molecule has 3 fully saturated rings. The highest BCUT2D eigenvalue weighted by Gasteiger charge is 2.60. The standard InChI is InChI=1S/C13H20N2O2/c1-8-13(15-14)7-10-5-3-2-4-9(10)6-11(13)12(16)17-8/h8-11,14H,2-7H2,1H3/t8-,9+,10+,11+,13+/m1/s1. The van der Waals surface area contributed by atoms with Crippen molar-refractivity contribution in [1.29, 1.82) is 5.53 Å². The predicted octanol–water partition coefficient (Wildman–Crippen LogP) is 2.92. The topological polar surface area (TPSA) is 62.5 Å². The van der Waals surface area contributed by atoms with E-state index in [1.165, 1.54) is 25.7 Å². The van der Waals surface area contributed by atoms with Crippen LogP contribution in [0.3, 0.4) is 0 Å². The van der Waals surface area contributed by atoms with Gasteiger partial charge in [-0.1, -0.05) is 25.7 Å². The van der Waals surface area contributed by atoms with E-state index in [4.69, 9.17) is 10.3 Å². The maximum atomic E-state index is 11.9. The molecule has 4 nitrogen and oxygen atoms in total. The average molecular weight is 236 g/mol. The van der Waals surface area contributed by atoms with Crippen LogP contribution in [0.15, 0.2) is 5.11 Å². The Hall–Kier alpha value is -0.930. The molecule has 2 saturated carbocycles. The summed E-state index contributed by atoms with van der Waals surface area (Å²) in [5.74, 6) is 1.07. The van der Waals surface area contributed by atoms with E-state index in [-0.39, 0.29) is 18.0 Å². The number of hydrogen-bond donors (Lipinski definition) is 1. The molecule has 0 aromatic rings. The van der Waals surface area contributed by atoms with E-state index >= 15 is 0 Å². The van der Waals surface area contributed by atoms with E-state index in [1.807, 2.05) is 6.92 Å². The normalized spacial score (nSPS) is 49.1. The highest BCUT2D eigenvalue weighted by atomic mass is 16.6. The molecule has 0 unspecified atom stereocenters. The first-order chi connectivity index (χ1) is 8.17. The molecule has 1 aliphatic heterocycles. The monoisotopic (exact) mass is 236 g/mol. The number of carbonyl (C=O) groups excluding carboxylic acids is 1. The summed E-state index contributed by atoms with van der Waals surface area (Å²) in [5, 5.41) is 3.87. The van der Waals surface area contributed by atoms with E-state index in [0.717, 1.165) is 12.8 Å². The van der Waals surface area contributed by atoms with Crippen molar-refractivity contribution in [2.75, 3.05) is 0 Å². The summed E-state index contributed by atoms with van der Waals surface area (Å²) in [6.45, 7) is 1.90. The van der Waals surface area contributed by atoms with E-state index in [2.05, 4.69) is 5.11 Å². The highest BCUT2D eigenvalue weighted by Crippen LogP contribution is 2.53. The van der Waals surface area contributed by atoms with Crippen molar-refractivity contribution >= 4 is 5.97 Å². The number of cyclic esters (lactones) is 1. The van der Waals surface area contributed by atoms with Gasteiger partial charge in [0.2, 0.25) is 0 Å². The molecular weight excluding hydrogens is 216 g/mol. The van der Waals surface area contributed by atoms with Crippen LogP contribution in [0.1, 0.15) is 45.4 Å². The number of carbonyl (C=O) groups is 1. The molecule has 0 radical (unpaired) electrons. The van der Waals surface area contributed by atoms with Crippen molar-refractivity contribution in [2.45, 2.75) is 57.1 Å². The zero-order chi connectivity index (χ0) is 12.0. The largest absolute Gasteiger partial charge is 0.460 e. The van der Waals surface area contributed by atoms with Gasteiger partial charge >= 0.3 is 5.97 Å². The minimum atomic E-state index is -0.532. The van der Waals surface area contributed by atoms with Crippen molar-refractivity contribution in [1.82, 2.24) is 0 Å². The Morgan fingerprint density at radius 1 is 1.35 bits per heavy atom. The van der Waals surface area contributed by atoms with Gasteiger partial charge in [-0.15, -0.1) is 0 Å². The molecule has 1 N–H and O–H groups in total. The molecule has 0 bridgehead atoms. The SMILES string of the molecule is C[C@H]1OC(=O)[C@@H]2C[C@@H]3CCCC[C@H]3C[C@]12N=N. The van der Waals surface area contributed by atoms with Gasteiger partial charge in [-0.3, -0.25) is 4.79 Å². The molecule has 0 aromatic heterocycles. The van der Waals surface area contributed by atoms with Crippen LogP contribution in [0.25, 0.3) is 0 Å². The Balaban J connectivity index is 1.92. The van der Waals surface area contributed by atoms with Crippen LogP contribution in [0.2, 0.25) is 0 Å². The molecule has 0 amide bonds. The molecule has 0 aromatic carbocycles. The maximum Gasteiger partial charge on any atom is 0.311 e. The highest BCUT2D eigenvalue weighted by molar-refractivity contribution is 5.77. The van der Waals surface area contributed by atoms with Gasteiger partial charge in [0.15, 0.2) is 0 Å². The zero-order valence-corrected chi connectivity index (χ0v) is 10.3. The lowest BCUT2D eigenvalue weighted by Crippen LogP contribution is -2.49. The lowest BCUT2D eigenvalue weighted by molar-refractivity contribution is -0.144. The van der Waals surface area contributed by atoms with Gasteiger partial charge in [-0.25, -0.2) is 5.53 Å². The number of hydrogen-bond acceptors (Lipinski definition) is 4. The number of ether oxygens (including phenoxy) is 1. The van der Waals surface area contributed by atoms with Gasteiger partial charge in [0.1, 0.15) is 11.6 Å². The van der Waals surface area contributed by atoms with Crippen molar-refractivity contribution in [3.8, 4) is 0 Å². The first kappa shape index (κ1) is 11.2. The van der Waals surface area contributed by atoms with Crippen LogP contribution in [-0.2, 0) is 9.53 Å². The minimum absolute atomic E-state index is 0.113. The Morgan fingerprint density at radius 3 is 2.76 bits per heavy atom. The first-order valence-corrected chi connectivity index (χ1v) is 6.76. The third-order valence-corrected chi connectivity index (χ3v) is 5.29. The lowest BCUT2D eigenvalue weighted by atomic mass is 9.60. The Kier molecular flexibility index (Phi) is 2.49. The van der Waals surface area contributed by atoms with Crippen LogP contribution < -0.4 is 0 Å². The quantitative estimate of drug-likeness (QED) is 0.562. The zero-order valence-electron chi connectivity index (χ0n) is 10.3. The van der Waals surface area contributed by atoms with Gasteiger partial charge in [0.25, 0.3) is 0 Å². The molecular formula is C13H20N2O2. The fraction of sp³-hybridized carbons (Fsp3) is 0.923. The van der Waals surface area contributed by atoms with Crippen molar-refractivity contribution < 1.29 is 9.53 Å². The van der Waals surface area contributed by atoms with Gasteiger partial charge < -0.3 is 4.74 Å². The van der Waals surface area contributed by atoms with E-state index in [9.17, 15) is 4.79 Å². The molecule has 5 atom stereocenters. The molecule has 0 spiro atoms. The van der Waals surface area contributed by atoms with E-state index < -0.39 is 5.54 Å². The molecule has 1 saturated heterocycles. The summed E-state index contributed by atoms with van der Waals surface area (Å²) < 4.78 is 5.36. The fourth-order valence-corrected chi connectivity index (χ4v) is 4.26. The molecule has 94 valence electrons. The second-order valence-corrected chi connectivity index (χ2v) is 5.98. The second-order valence-electron chi connectivity index (χ2n) is 5.98. The van der Waals surface area contributed by atoms with Crippen LogP contribution >= 0.6 is 0 Å². The van der Waals surface area contributed by atoms with E-state index in [1.54, 1.807) is 0 Å². The predicted molar refractivity (Wildman–Crippen MR) is 61.6 cm³/mol. The van der Waals surface area contributed by atoms with Crippen molar-refractivity contribution in [2.24, 2.45) is 22.9 Å². The van der Waals surface area contributed by atoms with Gasteiger partial charge in [-0.2, -0.15) is 5.11 Å². The number of nitrogens with zero attached hydrogens (tertiary/aromatic N) is 1. The fourth-order valence-electron chi connectivity index (χ4n) is 4.26. The Morgan fingerprint density at radius 2 is 2.06 bits per heavy atom. The lowest BCUT2D eigenvalue weighted by Gasteiger charge is -2.44. The molecule has 17 heavy (non-hydrogen) atoms. The number of rotatable bonds is 1. The molecule has 1 heterocycles. The van der Waals surface area contributed by atoms with Gasteiger partial charge in [-0.05, 0) is 31.6 Å². The number of nitrogens with one attached hydrogen (secondary N) is 1. The van der Waals surface area contributed by atoms with Crippen LogP contribution in [-0.4, -0.2) is 17.6 Å². The van der Waals surface area contributed by atoms with Gasteiger partial charge in [0, 0.05) is 0 Å². The molecule has 3 rings (SSSR count). The van der Waals surface area contributed by atoms with Crippen LogP contribution in [0, 0.1) is 23.3 Å². The molecule has 3 aliphatic rings. The summed E-state index contributed by atoms with van der Waals surface area (Å²) in [6, 6.07) is 0. The first-order valence-electron chi connectivity index (χ1n) is 6.76. The molecule has 4 heteroatoms. The number of fused-ring (bicyclic) bond motifs is 2. The third kappa shape index (κ3) is 1.45. The summed E-state index contributed by atoms with van der Waals surface area (Å²) >= 11 is 0. The van der Waals surface area contributed by atoms with Crippen LogP contribution in [0.4, 0.5) is 0 Å². The summed E-state index contributed by atoms with van der Waals surface area (Å²) in [7, 11) is 0. The third-order valence-electron chi connectivity index (χ3n) is 5.29. The smallest absolute Gasteiger partial charge is 0.311 e. The number of esters is 1. The van der Waals surface area contributed by atoms with Crippen molar-refractivity contribution in [3.05, 3.63) is 0 Å². The average Bonchev–Trinajstić information content (AvgIpc) is 2.59. The Labute approximate surface area is 102 Å². The maximum absolute atomic E-state index is 11.9. The second kappa shape index (κ2) is 3.79. The van der Waals surface area contributed by atoms with Crippen molar-refractivity contribution in [3.63, 3.8) is 0 Å². The Bertz CT molecular complexity index is 357. The minimum Gasteiger partial charge on any atom is -0.460 e. The summed E-state index contributed by atoms with van der Waals surface area (Å²) in [4.78, 5) is 11.9. The van der Waals surface area contributed by atoms with Crippen LogP contribution in [0.5, 0.6) is 0 Å². The van der Waals surface area contributed by atoms with E-state index in [0.29, 0.717) is 11.8 Å². The molecule has 2 aliphatic carbocycles. The summed E-state index contributed by atoms with van der Waals surface area (Å²) in [6.07, 6.45) is 6.66.